The standard InChI is InChI=1S/C19H23N3O3/c1-24-12-11-22-9-7-17(20-22)18(23)21-10-13-25-19(14-21)8-6-15-4-2-3-5-16(15)19/h2-5,7,9H,6,8,10-14H2,1H3/t19-/m1/s1. The lowest BCUT2D eigenvalue weighted by atomic mass is 9.93. The van der Waals surface area contributed by atoms with Crippen LogP contribution < -0.4 is 0 Å². The predicted octanol–water partition coefficient (Wildman–Crippen LogP) is 1.84. The Morgan fingerprint density at radius 2 is 2.24 bits per heavy atom. The molecule has 6 nitrogen and oxygen atoms in total. The highest BCUT2D eigenvalue weighted by atomic mass is 16.5. The number of rotatable bonds is 4. The van der Waals surface area contributed by atoms with Crippen molar-refractivity contribution in [3.8, 4) is 0 Å². The van der Waals surface area contributed by atoms with Crippen LogP contribution in [0, 0.1) is 0 Å². The van der Waals surface area contributed by atoms with E-state index in [4.69, 9.17) is 9.47 Å². The Hall–Kier alpha value is -2.18. The van der Waals surface area contributed by atoms with Crippen LogP contribution in [-0.4, -0.2) is 54.0 Å². The lowest BCUT2D eigenvalue weighted by molar-refractivity contribution is -0.104. The molecule has 4 rings (SSSR count). The van der Waals surface area contributed by atoms with E-state index in [1.165, 1.54) is 11.1 Å². The molecular weight excluding hydrogens is 318 g/mol. The third kappa shape index (κ3) is 2.96. The lowest BCUT2D eigenvalue weighted by Crippen LogP contribution is -2.51. The number of carbonyl (C=O) groups is 1. The first-order valence-electron chi connectivity index (χ1n) is 8.76. The second kappa shape index (κ2) is 6.61. The number of hydrogen-bond acceptors (Lipinski definition) is 4. The van der Waals surface area contributed by atoms with Crippen LogP contribution in [0.3, 0.4) is 0 Å². The third-order valence-corrected chi connectivity index (χ3v) is 5.16. The van der Waals surface area contributed by atoms with Crippen molar-refractivity contribution in [1.29, 1.82) is 0 Å². The molecule has 1 atom stereocenters. The summed E-state index contributed by atoms with van der Waals surface area (Å²) in [5.41, 5.74) is 2.70. The van der Waals surface area contributed by atoms with Crippen LogP contribution in [0.15, 0.2) is 36.5 Å². The van der Waals surface area contributed by atoms with E-state index in [1.54, 1.807) is 17.9 Å². The molecule has 0 saturated carbocycles. The number of methoxy groups -OCH3 is 1. The van der Waals surface area contributed by atoms with Crippen molar-refractivity contribution in [1.82, 2.24) is 14.7 Å². The van der Waals surface area contributed by atoms with Crippen LogP contribution in [0.25, 0.3) is 0 Å². The number of carbonyl (C=O) groups excluding carboxylic acids is 1. The number of ether oxygens (including phenoxy) is 2. The van der Waals surface area contributed by atoms with Crippen LogP contribution in [0.1, 0.15) is 28.0 Å². The molecule has 1 fully saturated rings. The highest BCUT2D eigenvalue weighted by Crippen LogP contribution is 2.42. The second-order valence-corrected chi connectivity index (χ2v) is 6.68. The van der Waals surface area contributed by atoms with Gasteiger partial charge in [-0.1, -0.05) is 24.3 Å². The minimum absolute atomic E-state index is 0.0248. The summed E-state index contributed by atoms with van der Waals surface area (Å²) in [5.74, 6) is -0.0248. The largest absolute Gasteiger partial charge is 0.383 e. The molecule has 0 radical (unpaired) electrons. The zero-order valence-corrected chi connectivity index (χ0v) is 14.5. The Morgan fingerprint density at radius 3 is 3.12 bits per heavy atom. The van der Waals surface area contributed by atoms with E-state index in [0.29, 0.717) is 38.5 Å². The van der Waals surface area contributed by atoms with Crippen molar-refractivity contribution in [2.75, 3.05) is 33.4 Å². The monoisotopic (exact) mass is 341 g/mol. The Morgan fingerprint density at radius 1 is 1.36 bits per heavy atom. The number of aryl methyl sites for hydroxylation is 1. The van der Waals surface area contributed by atoms with Gasteiger partial charge in [-0.25, -0.2) is 0 Å². The van der Waals surface area contributed by atoms with Gasteiger partial charge in [-0.05, 0) is 30.0 Å². The normalized spacial score (nSPS) is 22.4. The van der Waals surface area contributed by atoms with Crippen molar-refractivity contribution in [3.05, 3.63) is 53.3 Å². The molecule has 0 N–H and O–H groups in total. The number of morpholine rings is 1. The van der Waals surface area contributed by atoms with E-state index >= 15 is 0 Å². The van der Waals surface area contributed by atoms with Gasteiger partial charge in [-0.2, -0.15) is 5.10 Å². The van der Waals surface area contributed by atoms with Gasteiger partial charge in [0.05, 0.1) is 26.3 Å². The Balaban J connectivity index is 1.52. The van der Waals surface area contributed by atoms with Gasteiger partial charge >= 0.3 is 0 Å². The molecule has 0 bridgehead atoms. The number of nitrogens with zero attached hydrogens (tertiary/aromatic N) is 3. The number of amides is 1. The number of benzene rings is 1. The molecule has 2 heterocycles. The number of hydrogen-bond donors (Lipinski definition) is 0. The summed E-state index contributed by atoms with van der Waals surface area (Å²) in [6, 6.07) is 10.2. The molecule has 1 aromatic carbocycles. The number of aromatic nitrogens is 2. The zero-order chi connectivity index (χ0) is 17.3. The fraction of sp³-hybridized carbons (Fsp3) is 0.474. The van der Waals surface area contributed by atoms with E-state index in [-0.39, 0.29) is 11.5 Å². The van der Waals surface area contributed by atoms with Crippen molar-refractivity contribution in [2.45, 2.75) is 25.0 Å². The smallest absolute Gasteiger partial charge is 0.274 e. The molecule has 2 aromatic rings. The molecule has 25 heavy (non-hydrogen) atoms. The SMILES string of the molecule is COCCn1ccc(C(=O)N2CCO[C@]3(CCc4ccccc43)C2)n1. The summed E-state index contributed by atoms with van der Waals surface area (Å²) < 4.78 is 13.0. The lowest BCUT2D eigenvalue weighted by Gasteiger charge is -2.41. The molecule has 6 heteroatoms. The van der Waals surface area contributed by atoms with E-state index in [0.717, 1.165) is 12.8 Å². The highest BCUT2D eigenvalue weighted by Gasteiger charge is 2.44. The minimum atomic E-state index is -0.358. The van der Waals surface area contributed by atoms with E-state index in [1.807, 2.05) is 17.2 Å². The van der Waals surface area contributed by atoms with Crippen LogP contribution in [0.4, 0.5) is 0 Å². The van der Waals surface area contributed by atoms with Crippen LogP contribution in [0.5, 0.6) is 0 Å². The van der Waals surface area contributed by atoms with Gasteiger partial charge in [-0.15, -0.1) is 0 Å². The van der Waals surface area contributed by atoms with E-state index in [2.05, 4.69) is 23.3 Å². The van der Waals surface area contributed by atoms with Gasteiger partial charge in [-0.3, -0.25) is 9.48 Å². The summed E-state index contributed by atoms with van der Waals surface area (Å²) in [4.78, 5) is 14.8. The maximum atomic E-state index is 12.9. The first kappa shape index (κ1) is 16.3. The fourth-order valence-electron chi connectivity index (χ4n) is 3.87. The summed E-state index contributed by atoms with van der Waals surface area (Å²) in [6.07, 6.45) is 3.76. The molecular formula is C19H23N3O3. The molecule has 132 valence electrons. The summed E-state index contributed by atoms with van der Waals surface area (Å²) in [5, 5.41) is 4.39. The third-order valence-electron chi connectivity index (χ3n) is 5.16. The van der Waals surface area contributed by atoms with Gasteiger partial charge in [0.15, 0.2) is 0 Å². The molecule has 2 aliphatic rings. The zero-order valence-electron chi connectivity index (χ0n) is 14.5. The molecule has 1 spiro atoms. The Bertz CT molecular complexity index is 769. The average Bonchev–Trinajstić information content (AvgIpc) is 3.26. The molecule has 1 saturated heterocycles. The fourth-order valence-corrected chi connectivity index (χ4v) is 3.87. The van der Waals surface area contributed by atoms with Crippen molar-refractivity contribution >= 4 is 5.91 Å². The minimum Gasteiger partial charge on any atom is -0.383 e. The summed E-state index contributed by atoms with van der Waals surface area (Å²) in [7, 11) is 1.65. The first-order chi connectivity index (χ1) is 12.2. The van der Waals surface area contributed by atoms with Crippen LogP contribution >= 0.6 is 0 Å². The molecule has 1 aliphatic heterocycles. The second-order valence-electron chi connectivity index (χ2n) is 6.68. The highest BCUT2D eigenvalue weighted by molar-refractivity contribution is 5.92. The topological polar surface area (TPSA) is 56.6 Å². The van der Waals surface area contributed by atoms with Gasteiger partial charge < -0.3 is 14.4 Å². The molecule has 1 aromatic heterocycles. The molecule has 0 unspecified atom stereocenters. The summed E-state index contributed by atoms with van der Waals surface area (Å²) >= 11 is 0. The maximum absolute atomic E-state index is 12.9. The average molecular weight is 341 g/mol. The molecule has 1 amide bonds. The van der Waals surface area contributed by atoms with Crippen LogP contribution in [-0.2, 0) is 28.0 Å². The molecule has 1 aliphatic carbocycles. The van der Waals surface area contributed by atoms with Crippen molar-refractivity contribution in [2.24, 2.45) is 0 Å². The quantitative estimate of drug-likeness (QED) is 0.852. The summed E-state index contributed by atoms with van der Waals surface area (Å²) in [6.45, 7) is 2.98. The first-order valence-corrected chi connectivity index (χ1v) is 8.76. The van der Waals surface area contributed by atoms with Gasteiger partial charge in [0, 0.05) is 19.9 Å². The van der Waals surface area contributed by atoms with E-state index in [9.17, 15) is 4.79 Å². The Labute approximate surface area is 147 Å². The predicted molar refractivity (Wildman–Crippen MR) is 92.4 cm³/mol. The Kier molecular flexibility index (Phi) is 4.31. The maximum Gasteiger partial charge on any atom is 0.274 e. The van der Waals surface area contributed by atoms with Gasteiger partial charge in [0.1, 0.15) is 11.3 Å². The van der Waals surface area contributed by atoms with E-state index < -0.39 is 0 Å². The van der Waals surface area contributed by atoms with Crippen LogP contribution in [0.2, 0.25) is 0 Å². The van der Waals surface area contributed by atoms with Crippen molar-refractivity contribution < 1.29 is 14.3 Å². The number of fused-ring (bicyclic) bond motifs is 2. The van der Waals surface area contributed by atoms with Gasteiger partial charge in [0.25, 0.3) is 5.91 Å². The van der Waals surface area contributed by atoms with Gasteiger partial charge in [0.2, 0.25) is 0 Å². The van der Waals surface area contributed by atoms with Crippen molar-refractivity contribution in [3.63, 3.8) is 0 Å².